The zero-order chi connectivity index (χ0) is 49.9. The van der Waals surface area contributed by atoms with Crippen molar-refractivity contribution in [3.63, 3.8) is 0 Å². The van der Waals surface area contributed by atoms with Gasteiger partial charge in [0.15, 0.2) is 53.1 Å². The molecule has 0 radical (unpaired) electrons. The Hall–Kier alpha value is -3.68. The number of aliphatic hydroxyl groups excluding tert-OH is 5. The summed E-state index contributed by atoms with van der Waals surface area (Å²) in [6, 6.07) is 0. The van der Waals surface area contributed by atoms with Crippen molar-refractivity contribution in [1.29, 1.82) is 0 Å². The van der Waals surface area contributed by atoms with Crippen molar-refractivity contribution in [3.05, 3.63) is 38.0 Å². The molecule has 3 saturated heterocycles. The third kappa shape index (κ3) is 10.3. The fourth-order valence-electron chi connectivity index (χ4n) is 7.72. The number of hydrogen-bond acceptors (Lipinski definition) is 29. The number of imidazole rings is 3. The summed E-state index contributed by atoms with van der Waals surface area (Å²) in [5.74, 6) is 0.0672. The quantitative estimate of drug-likeness (QED) is 0.0357. The molecule has 3 fully saturated rings. The smallest absolute Gasteiger partial charge is 0.325 e. The average Bonchev–Trinajstić information content (AvgIpc) is 4.18. The molecule has 32 nitrogen and oxygen atoms in total. The molecule has 3 aliphatic heterocycles. The van der Waals surface area contributed by atoms with Crippen LogP contribution in [0.15, 0.2) is 38.0 Å². The highest BCUT2D eigenvalue weighted by Crippen LogP contribution is 2.54. The maximum absolute atomic E-state index is 11.8. The Labute approximate surface area is 407 Å². The third-order valence-corrected chi connectivity index (χ3v) is 15.7. The number of aliphatic hydroxyl groups is 5. The van der Waals surface area contributed by atoms with E-state index in [9.17, 15) is 35.1 Å². The molecule has 0 aromatic carbocycles. The minimum atomic E-state index is -4.53. The van der Waals surface area contributed by atoms with Crippen molar-refractivity contribution in [3.8, 4) is 0 Å². The van der Waals surface area contributed by atoms with Gasteiger partial charge < -0.3 is 89.7 Å². The topological polar surface area (TPSA) is 454 Å². The van der Waals surface area contributed by atoms with E-state index < -0.39 is 120 Å². The molecule has 3 aliphatic rings. The van der Waals surface area contributed by atoms with E-state index in [2.05, 4.69) is 44.9 Å². The maximum Gasteiger partial charge on any atom is 0.325 e. The number of fused-ring (bicyclic) bond motifs is 3. The first kappa shape index (κ1) is 51.2. The Morgan fingerprint density at radius 2 is 0.857 bits per heavy atom. The minimum Gasteiger partial charge on any atom is -0.394 e. The Morgan fingerprint density at radius 1 is 0.500 bits per heavy atom. The van der Waals surface area contributed by atoms with Crippen molar-refractivity contribution < 1.29 is 81.6 Å². The Morgan fingerprint density at radius 3 is 1.26 bits per heavy atom. The van der Waals surface area contributed by atoms with Crippen molar-refractivity contribution in [2.45, 2.75) is 73.6 Å². The van der Waals surface area contributed by atoms with E-state index in [0.717, 1.165) is 12.7 Å². The van der Waals surface area contributed by atoms with Crippen LogP contribution in [0.3, 0.4) is 0 Å². The molecule has 380 valence electrons. The normalized spacial score (nSPS) is 30.9. The van der Waals surface area contributed by atoms with Gasteiger partial charge in [0.2, 0.25) is 0 Å². The van der Waals surface area contributed by atoms with Crippen molar-refractivity contribution in [1.82, 2.24) is 58.6 Å². The average molecular weight is 1100 g/mol. The van der Waals surface area contributed by atoms with Crippen LogP contribution < -0.4 is 17.2 Å². The number of nitrogens with two attached hydrogens (primary N) is 3. The van der Waals surface area contributed by atoms with E-state index in [0.29, 0.717) is 0 Å². The molecule has 9 rings (SSSR count). The summed E-state index contributed by atoms with van der Waals surface area (Å²) in [4.78, 5) is 70.3. The summed E-state index contributed by atoms with van der Waals surface area (Å²) < 4.78 is 55.5. The molecule has 14 N–H and O–H groups in total. The number of ether oxygens (including phenoxy) is 3. The molecule has 6 unspecified atom stereocenters. The van der Waals surface area contributed by atoms with E-state index in [4.69, 9.17) is 99.1 Å². The fourth-order valence-corrected chi connectivity index (χ4v) is 11.7. The van der Waals surface area contributed by atoms with Gasteiger partial charge in [-0.1, -0.05) is 0 Å². The second-order valence-corrected chi connectivity index (χ2v) is 23.8. The molecule has 0 bridgehead atoms. The van der Waals surface area contributed by atoms with Gasteiger partial charge in [0.25, 0.3) is 0 Å². The van der Waals surface area contributed by atoms with E-state index in [1.165, 1.54) is 39.0 Å². The van der Waals surface area contributed by atoms with Gasteiger partial charge in [-0.2, -0.15) is 0 Å². The number of anilines is 3. The highest BCUT2D eigenvalue weighted by Gasteiger charge is 2.52. The molecule has 70 heavy (non-hydrogen) atoms. The third-order valence-electron chi connectivity index (χ3n) is 11.0. The predicted octanol–water partition coefficient (Wildman–Crippen LogP) is -3.13. The van der Waals surface area contributed by atoms with E-state index in [1.54, 1.807) is 0 Å². The summed E-state index contributed by atoms with van der Waals surface area (Å²) in [6.45, 7) is -15.7. The standard InChI is InChI=1S/C32H42N15O17P3S3/c33-24-15-27(39-6-36-24)45(9-42-15)30-21(52)18(49)12(60-30)3-58-66(54,69)63-23-20(51)14(62-32(23)47-11-44-17-26(35)38-8-41-29(17)47)5-59-67(55,70)64-22-19(50)13(4-57-65(53,68)56-2-1-48)61-31(22)46-10-43-16-25(34)37-7-40-28(16)46/h6-14,18-23,30-32,48-52H,1-5H2,(H,53,68)(H,54,69)(H,55,70)(H2,33,36,39)(H2,34,37,40)(H2,35,38,41)/t12-,13-,14-,18+,19+,20+,21?,22?,23?,30-,31-,32-,65?,66?,67?/m1/s1. The first-order chi connectivity index (χ1) is 33.3. The monoisotopic (exact) mass is 1100 g/mol. The lowest BCUT2D eigenvalue weighted by Gasteiger charge is -2.27. The van der Waals surface area contributed by atoms with E-state index in [1.807, 2.05) is 0 Å². The SMILES string of the molecule is Nc1ncnc2c1ncn2[C@@H]1O[C@H](COP(O)(=S)OC2[C@@H](O)[C@@H](COP(O)(=S)OC3[C@@H](O)[C@@H](COP(O)(=S)OCCO)O[C@H]3n3cnc4c(N)ncnc43)O[C@H]2n2cnc3c(N)ncnc32)[C@H](O)C1O. The van der Waals surface area contributed by atoms with Crippen molar-refractivity contribution in [2.75, 3.05) is 50.2 Å². The highest BCUT2D eigenvalue weighted by molar-refractivity contribution is 8.07. The first-order valence-corrected chi connectivity index (χ1v) is 28.1. The zero-order valence-electron chi connectivity index (χ0n) is 35.3. The van der Waals surface area contributed by atoms with Gasteiger partial charge in [-0.25, -0.2) is 44.9 Å². The van der Waals surface area contributed by atoms with Crippen molar-refractivity contribution in [2.24, 2.45) is 0 Å². The summed E-state index contributed by atoms with van der Waals surface area (Å²) in [5, 5.41) is 54.3. The van der Waals surface area contributed by atoms with Crippen molar-refractivity contribution >= 4 is 107 Å². The minimum absolute atomic E-state index is 0.00806. The summed E-state index contributed by atoms with van der Waals surface area (Å²) in [5.41, 5.74) is 18.8. The van der Waals surface area contributed by atoms with Gasteiger partial charge in [0.1, 0.15) is 90.5 Å². The van der Waals surface area contributed by atoms with Gasteiger partial charge >= 0.3 is 20.2 Å². The van der Waals surface area contributed by atoms with E-state index >= 15 is 0 Å². The van der Waals surface area contributed by atoms with Crippen LogP contribution in [-0.2, 0) is 76.8 Å². The Balaban J connectivity index is 0.914. The first-order valence-electron chi connectivity index (χ1n) is 20.3. The molecular weight excluding hydrogens is 1060 g/mol. The lowest BCUT2D eigenvalue weighted by atomic mass is 10.1. The van der Waals surface area contributed by atoms with Gasteiger partial charge in [-0.05, 0) is 35.4 Å². The van der Waals surface area contributed by atoms with Gasteiger partial charge in [0.05, 0.1) is 52.0 Å². The maximum atomic E-state index is 11.8. The van der Waals surface area contributed by atoms with Crippen LogP contribution in [0.2, 0.25) is 0 Å². The molecule has 15 atom stereocenters. The van der Waals surface area contributed by atoms with Crippen LogP contribution in [-0.4, -0.2) is 187 Å². The number of nitrogen functional groups attached to an aromatic ring is 3. The summed E-state index contributed by atoms with van der Waals surface area (Å²) >= 11 is 15.7. The lowest BCUT2D eigenvalue weighted by molar-refractivity contribution is -0.0589. The van der Waals surface area contributed by atoms with Crippen LogP contribution in [0.25, 0.3) is 33.5 Å². The molecule has 6 aromatic rings. The molecule has 0 spiro atoms. The van der Waals surface area contributed by atoms with E-state index in [-0.39, 0.29) is 57.6 Å². The Bertz CT molecular complexity index is 3020. The molecule has 0 amide bonds. The van der Waals surface area contributed by atoms with Gasteiger partial charge in [-0.3, -0.25) is 22.7 Å². The van der Waals surface area contributed by atoms with Crippen LogP contribution >= 0.6 is 20.2 Å². The predicted molar refractivity (Wildman–Crippen MR) is 245 cm³/mol. The second-order valence-electron chi connectivity index (χ2n) is 15.4. The second kappa shape index (κ2) is 20.3. The fraction of sp³-hybridized carbons (Fsp3) is 0.531. The molecule has 0 saturated carbocycles. The molecule has 6 aromatic heterocycles. The molecular formula is C32H42N15O17P3S3. The number of nitrogens with zero attached hydrogens (tertiary/aromatic N) is 12. The molecule has 0 aliphatic carbocycles. The number of hydrogen-bond donors (Lipinski definition) is 11. The van der Waals surface area contributed by atoms with Crippen LogP contribution in [0, 0.1) is 0 Å². The van der Waals surface area contributed by atoms with Gasteiger partial charge in [0, 0.05) is 0 Å². The number of aromatic nitrogens is 12. The summed E-state index contributed by atoms with van der Waals surface area (Å²) in [6.07, 6.45) is -10.7. The number of rotatable bonds is 19. The van der Waals surface area contributed by atoms with Gasteiger partial charge in [-0.15, -0.1) is 0 Å². The molecule has 38 heteroatoms. The van der Waals surface area contributed by atoms with Crippen LogP contribution in [0.1, 0.15) is 18.7 Å². The highest BCUT2D eigenvalue weighted by atomic mass is 32.5. The van der Waals surface area contributed by atoms with Crippen LogP contribution in [0.5, 0.6) is 0 Å². The largest absolute Gasteiger partial charge is 0.394 e. The lowest BCUT2D eigenvalue weighted by Crippen LogP contribution is -2.37. The molecule has 9 heterocycles. The zero-order valence-corrected chi connectivity index (χ0v) is 40.5. The Kier molecular flexibility index (Phi) is 14.9. The van der Waals surface area contributed by atoms with Crippen LogP contribution in [0.4, 0.5) is 17.5 Å². The summed E-state index contributed by atoms with van der Waals surface area (Å²) in [7, 11) is 0.